The summed E-state index contributed by atoms with van der Waals surface area (Å²) < 4.78 is 1.81. The molecule has 2 aromatic carbocycles. The van der Waals surface area contributed by atoms with Gasteiger partial charge in [-0.25, -0.2) is 9.97 Å². The molecule has 5 nitrogen and oxygen atoms in total. The maximum Gasteiger partial charge on any atom is 0.220 e. The Morgan fingerprint density at radius 1 is 0.958 bits per heavy atom. The molecule has 0 aliphatic rings. The summed E-state index contributed by atoms with van der Waals surface area (Å²) in [4.78, 5) is 8.55. The second-order valence-corrected chi connectivity index (χ2v) is 6.80. The Labute approximate surface area is 156 Å². The van der Waals surface area contributed by atoms with Crippen molar-refractivity contribution in [2.45, 2.75) is 6.92 Å². The Balaban J connectivity index is 2.09. The molecule has 0 radical (unpaired) electrons. The number of benzene rings is 2. The molecule has 7 heteroatoms. The van der Waals surface area contributed by atoms with Gasteiger partial charge in [0.1, 0.15) is 11.4 Å². The van der Waals surface area contributed by atoms with E-state index in [1.807, 2.05) is 55.5 Å². The van der Waals surface area contributed by atoms with E-state index >= 15 is 0 Å². The number of nitrogen functional groups attached to an aromatic ring is 1. The van der Waals surface area contributed by atoms with Crippen LogP contribution in [0.4, 0.5) is 17.3 Å². The Morgan fingerprint density at radius 3 is 2.42 bits per heavy atom. The van der Waals surface area contributed by atoms with E-state index in [1.165, 1.54) is 0 Å². The van der Waals surface area contributed by atoms with E-state index in [0.717, 1.165) is 14.5 Å². The van der Waals surface area contributed by atoms with Gasteiger partial charge in [0, 0.05) is 14.5 Å². The molecule has 0 spiro atoms. The number of azo groups is 1. The predicted molar refractivity (Wildman–Crippen MR) is 103 cm³/mol. The fourth-order valence-electron chi connectivity index (χ4n) is 2.17. The van der Waals surface area contributed by atoms with Crippen LogP contribution in [-0.2, 0) is 0 Å². The summed E-state index contributed by atoms with van der Waals surface area (Å²) in [6, 6.07) is 15.4. The number of hydrogen-bond acceptors (Lipinski definition) is 5. The highest BCUT2D eigenvalue weighted by atomic mass is 79.9. The molecule has 0 aliphatic carbocycles. The molecule has 0 fully saturated rings. The molecule has 2 N–H and O–H groups in total. The maximum absolute atomic E-state index is 5.81. The van der Waals surface area contributed by atoms with Crippen molar-refractivity contribution in [1.29, 1.82) is 0 Å². The summed E-state index contributed by atoms with van der Waals surface area (Å²) in [5.74, 6) is 0.218. The quantitative estimate of drug-likeness (QED) is 0.503. The summed E-state index contributed by atoms with van der Waals surface area (Å²) in [6.45, 7) is 1.84. The van der Waals surface area contributed by atoms with Crippen LogP contribution in [0.3, 0.4) is 0 Å². The molecular formula is C17H13Br2N5. The second-order valence-electron chi connectivity index (χ2n) is 5.03. The number of aromatic nitrogens is 2. The summed E-state index contributed by atoms with van der Waals surface area (Å²) in [5.41, 5.74) is 9.38. The third-order valence-electron chi connectivity index (χ3n) is 3.29. The molecule has 3 rings (SSSR count). The summed E-state index contributed by atoms with van der Waals surface area (Å²) in [7, 11) is 0. The van der Waals surface area contributed by atoms with Crippen LogP contribution in [0.25, 0.3) is 11.3 Å². The molecule has 0 saturated heterocycles. The highest BCUT2D eigenvalue weighted by Crippen LogP contribution is 2.34. The van der Waals surface area contributed by atoms with Crippen molar-refractivity contribution in [3.05, 3.63) is 63.2 Å². The fourth-order valence-corrected chi connectivity index (χ4v) is 3.30. The topological polar surface area (TPSA) is 76.5 Å². The van der Waals surface area contributed by atoms with Crippen molar-refractivity contribution in [2.24, 2.45) is 10.2 Å². The molecule has 1 heterocycles. The first-order chi connectivity index (χ1) is 11.5. The molecule has 0 amide bonds. The lowest BCUT2D eigenvalue weighted by Crippen LogP contribution is -1.99. The Bertz CT molecular complexity index is 910. The summed E-state index contributed by atoms with van der Waals surface area (Å²) >= 11 is 6.90. The number of halogens is 2. The normalized spacial score (nSPS) is 11.1. The van der Waals surface area contributed by atoms with Gasteiger partial charge in [-0.05, 0) is 41.1 Å². The Hall–Kier alpha value is -2.12. The molecular weight excluding hydrogens is 434 g/mol. The van der Waals surface area contributed by atoms with Gasteiger partial charge in [0.25, 0.3) is 0 Å². The maximum atomic E-state index is 5.81. The zero-order valence-electron chi connectivity index (χ0n) is 12.7. The predicted octanol–water partition coefficient (Wildman–Crippen LogP) is 5.97. The molecule has 24 heavy (non-hydrogen) atoms. The van der Waals surface area contributed by atoms with Crippen LogP contribution >= 0.6 is 31.9 Å². The van der Waals surface area contributed by atoms with Gasteiger partial charge in [-0.1, -0.05) is 46.3 Å². The van der Waals surface area contributed by atoms with Crippen LogP contribution < -0.4 is 5.73 Å². The minimum Gasteiger partial charge on any atom is -0.368 e. The number of rotatable bonds is 3. The van der Waals surface area contributed by atoms with Crippen LogP contribution in [0.5, 0.6) is 0 Å². The minimum absolute atomic E-state index is 0.218. The highest BCUT2D eigenvalue weighted by Gasteiger charge is 2.12. The Kier molecular flexibility index (Phi) is 5.01. The van der Waals surface area contributed by atoms with E-state index in [-0.39, 0.29) is 5.95 Å². The molecule has 3 aromatic rings. The van der Waals surface area contributed by atoms with Crippen LogP contribution in [0.2, 0.25) is 0 Å². The zero-order valence-corrected chi connectivity index (χ0v) is 15.9. The fraction of sp³-hybridized carbons (Fsp3) is 0.0588. The smallest absolute Gasteiger partial charge is 0.220 e. The lowest BCUT2D eigenvalue weighted by atomic mass is 10.1. The van der Waals surface area contributed by atoms with Gasteiger partial charge in [-0.2, -0.15) is 0 Å². The van der Waals surface area contributed by atoms with Gasteiger partial charge >= 0.3 is 0 Å². The SMILES string of the molecule is Cc1nc(N)nc(-c2ccccc2)c1N=Nc1ccc(Br)cc1Br. The Morgan fingerprint density at radius 2 is 1.71 bits per heavy atom. The average Bonchev–Trinajstić information content (AvgIpc) is 2.56. The number of anilines is 1. The molecule has 0 unspecified atom stereocenters. The number of aryl methyl sites for hydroxylation is 1. The minimum atomic E-state index is 0.218. The van der Waals surface area contributed by atoms with Crippen molar-refractivity contribution in [3.63, 3.8) is 0 Å². The van der Waals surface area contributed by atoms with Crippen LogP contribution in [-0.4, -0.2) is 9.97 Å². The van der Waals surface area contributed by atoms with Gasteiger partial charge in [0.15, 0.2) is 0 Å². The van der Waals surface area contributed by atoms with E-state index < -0.39 is 0 Å². The van der Waals surface area contributed by atoms with Gasteiger partial charge in [0.2, 0.25) is 5.95 Å². The number of nitrogens with two attached hydrogens (primary N) is 1. The first kappa shape index (κ1) is 16.7. The summed E-state index contributed by atoms with van der Waals surface area (Å²) in [5, 5.41) is 8.71. The molecule has 0 saturated carbocycles. The average molecular weight is 447 g/mol. The number of hydrogen-bond donors (Lipinski definition) is 1. The third-order valence-corrected chi connectivity index (χ3v) is 4.42. The standard InChI is InChI=1S/C17H13Br2N5/c1-10-15(24-23-14-8-7-12(18)9-13(14)19)16(22-17(20)21-10)11-5-3-2-4-6-11/h2-9H,1H3,(H2,20,21,22). The monoisotopic (exact) mass is 445 g/mol. The van der Waals surface area contributed by atoms with Crippen LogP contribution in [0.15, 0.2) is 67.7 Å². The summed E-state index contributed by atoms with van der Waals surface area (Å²) in [6.07, 6.45) is 0. The van der Waals surface area contributed by atoms with Crippen molar-refractivity contribution in [3.8, 4) is 11.3 Å². The van der Waals surface area contributed by atoms with E-state index in [4.69, 9.17) is 5.73 Å². The lowest BCUT2D eigenvalue weighted by Gasteiger charge is -2.08. The van der Waals surface area contributed by atoms with Crippen molar-refractivity contribution >= 4 is 49.2 Å². The molecule has 0 aliphatic heterocycles. The van der Waals surface area contributed by atoms with E-state index in [0.29, 0.717) is 22.8 Å². The van der Waals surface area contributed by atoms with Gasteiger partial charge < -0.3 is 5.73 Å². The van der Waals surface area contributed by atoms with Crippen molar-refractivity contribution in [1.82, 2.24) is 9.97 Å². The van der Waals surface area contributed by atoms with Gasteiger partial charge in [-0.15, -0.1) is 10.2 Å². The molecule has 0 bridgehead atoms. The van der Waals surface area contributed by atoms with Crippen molar-refractivity contribution < 1.29 is 0 Å². The van der Waals surface area contributed by atoms with Crippen molar-refractivity contribution in [2.75, 3.05) is 5.73 Å². The van der Waals surface area contributed by atoms with Gasteiger partial charge in [-0.3, -0.25) is 0 Å². The van der Waals surface area contributed by atoms with E-state index in [9.17, 15) is 0 Å². The molecule has 1 aromatic heterocycles. The number of nitrogens with zero attached hydrogens (tertiary/aromatic N) is 4. The first-order valence-corrected chi connectivity index (χ1v) is 8.69. The highest BCUT2D eigenvalue weighted by molar-refractivity contribution is 9.11. The van der Waals surface area contributed by atoms with E-state index in [1.54, 1.807) is 0 Å². The second kappa shape index (κ2) is 7.19. The molecule has 120 valence electrons. The van der Waals surface area contributed by atoms with Crippen LogP contribution in [0.1, 0.15) is 5.69 Å². The van der Waals surface area contributed by atoms with E-state index in [2.05, 4.69) is 52.1 Å². The molecule has 0 atom stereocenters. The lowest BCUT2D eigenvalue weighted by molar-refractivity contribution is 1.08. The van der Waals surface area contributed by atoms with Gasteiger partial charge in [0.05, 0.1) is 11.4 Å². The van der Waals surface area contributed by atoms with Crippen LogP contribution in [0, 0.1) is 6.92 Å². The zero-order chi connectivity index (χ0) is 17.1. The third kappa shape index (κ3) is 3.68. The largest absolute Gasteiger partial charge is 0.368 e. The first-order valence-electron chi connectivity index (χ1n) is 7.11.